The first kappa shape index (κ1) is 11.8. The van der Waals surface area contributed by atoms with Gasteiger partial charge < -0.3 is 0 Å². The van der Waals surface area contributed by atoms with E-state index in [2.05, 4.69) is 20.0 Å². The highest BCUT2D eigenvalue weighted by Gasteiger charge is 2.29. The largest absolute Gasteiger partial charge is 0.299 e. The van der Waals surface area contributed by atoms with Gasteiger partial charge in [-0.05, 0) is 44.0 Å². The highest BCUT2D eigenvalue weighted by atomic mass is 35.5. The Hall–Kier alpha value is -0.230. The summed E-state index contributed by atoms with van der Waals surface area (Å²) in [5.74, 6) is 0. The van der Waals surface area contributed by atoms with Gasteiger partial charge in [0.05, 0.1) is 6.54 Å². The molecule has 2 aliphatic heterocycles. The number of aromatic nitrogens is 2. The Morgan fingerprint density at radius 3 is 2.76 bits per heavy atom. The van der Waals surface area contributed by atoms with Crippen molar-refractivity contribution >= 4 is 22.9 Å². The molecule has 2 aliphatic rings. The fraction of sp³-hybridized carbons (Fsp3) is 0.818. The molecule has 0 radical (unpaired) electrons. The fourth-order valence-corrected chi connectivity index (χ4v) is 3.76. The normalized spacial score (nSPS) is 27.0. The second kappa shape index (κ2) is 5.18. The second-order valence-corrected chi connectivity index (χ2v) is 6.51. The molecular formula is C11H17ClN4S. The zero-order valence-electron chi connectivity index (χ0n) is 9.81. The van der Waals surface area contributed by atoms with Crippen molar-refractivity contribution in [3.63, 3.8) is 0 Å². The molecule has 0 N–H and O–H groups in total. The van der Waals surface area contributed by atoms with E-state index in [0.717, 1.165) is 17.6 Å². The number of likely N-dealkylation sites (tertiary alicyclic amines) is 2. The maximum atomic E-state index is 5.80. The molecule has 4 nitrogen and oxygen atoms in total. The monoisotopic (exact) mass is 272 g/mol. The van der Waals surface area contributed by atoms with Crippen LogP contribution >= 0.6 is 22.9 Å². The van der Waals surface area contributed by atoms with E-state index in [4.69, 9.17) is 11.6 Å². The van der Waals surface area contributed by atoms with Crippen molar-refractivity contribution in [3.05, 3.63) is 9.47 Å². The summed E-state index contributed by atoms with van der Waals surface area (Å²) in [6, 6.07) is 0.765. The number of halogens is 1. The van der Waals surface area contributed by atoms with Gasteiger partial charge in [-0.25, -0.2) is 0 Å². The molecule has 3 heterocycles. The highest BCUT2D eigenvalue weighted by molar-refractivity contribution is 7.15. The van der Waals surface area contributed by atoms with Gasteiger partial charge in [0.1, 0.15) is 5.01 Å². The molecule has 1 unspecified atom stereocenters. The minimum atomic E-state index is 0.551. The van der Waals surface area contributed by atoms with E-state index in [-0.39, 0.29) is 0 Å². The van der Waals surface area contributed by atoms with E-state index >= 15 is 0 Å². The maximum Gasteiger partial charge on any atom is 0.207 e. The van der Waals surface area contributed by atoms with Gasteiger partial charge in [0, 0.05) is 19.1 Å². The Bertz CT molecular complexity index is 377. The van der Waals surface area contributed by atoms with Crippen molar-refractivity contribution in [2.24, 2.45) is 0 Å². The molecule has 0 bridgehead atoms. The Morgan fingerprint density at radius 1 is 1.24 bits per heavy atom. The topological polar surface area (TPSA) is 32.3 Å². The molecule has 2 saturated heterocycles. The van der Waals surface area contributed by atoms with Crippen molar-refractivity contribution in [2.45, 2.75) is 31.8 Å². The Labute approximate surface area is 111 Å². The summed E-state index contributed by atoms with van der Waals surface area (Å²) < 4.78 is 0.551. The smallest absolute Gasteiger partial charge is 0.207 e. The van der Waals surface area contributed by atoms with E-state index in [0.29, 0.717) is 4.47 Å². The van der Waals surface area contributed by atoms with Crippen LogP contribution in [0.1, 0.15) is 24.3 Å². The van der Waals surface area contributed by atoms with Gasteiger partial charge in [-0.1, -0.05) is 11.3 Å². The average molecular weight is 273 g/mol. The summed E-state index contributed by atoms with van der Waals surface area (Å²) in [6.07, 6.45) is 4.05. The van der Waals surface area contributed by atoms with E-state index in [1.54, 1.807) is 0 Å². The SMILES string of the molecule is Clc1nnc(CN2CCC(N3CCCC3)C2)s1. The average Bonchev–Trinajstić information content (AvgIpc) is 3.00. The van der Waals surface area contributed by atoms with Crippen molar-refractivity contribution in [1.82, 2.24) is 20.0 Å². The molecule has 1 aromatic heterocycles. The molecule has 0 spiro atoms. The molecule has 6 heteroatoms. The lowest BCUT2D eigenvalue weighted by Crippen LogP contribution is -2.35. The lowest BCUT2D eigenvalue weighted by atomic mass is 10.2. The summed E-state index contributed by atoms with van der Waals surface area (Å²) in [5.41, 5.74) is 0. The van der Waals surface area contributed by atoms with Crippen LogP contribution in [0.2, 0.25) is 4.47 Å². The van der Waals surface area contributed by atoms with Gasteiger partial charge in [0.2, 0.25) is 4.47 Å². The molecular weight excluding hydrogens is 256 g/mol. The van der Waals surface area contributed by atoms with Crippen LogP contribution in [0.25, 0.3) is 0 Å². The minimum Gasteiger partial charge on any atom is -0.299 e. The molecule has 0 amide bonds. The predicted molar refractivity (Wildman–Crippen MR) is 69.4 cm³/mol. The summed E-state index contributed by atoms with van der Waals surface area (Å²) in [6.45, 7) is 5.86. The number of nitrogens with zero attached hydrogens (tertiary/aromatic N) is 4. The third-order valence-corrected chi connectivity index (χ3v) is 4.71. The summed E-state index contributed by atoms with van der Waals surface area (Å²) in [7, 11) is 0. The molecule has 1 aromatic rings. The molecule has 1 atom stereocenters. The molecule has 3 rings (SSSR count). The molecule has 0 aliphatic carbocycles. The Kier molecular flexibility index (Phi) is 3.61. The molecule has 17 heavy (non-hydrogen) atoms. The van der Waals surface area contributed by atoms with Gasteiger partial charge in [-0.2, -0.15) is 0 Å². The standard InChI is InChI=1S/C11H17ClN4S/c12-11-14-13-10(17-11)8-15-6-3-9(7-15)16-4-1-2-5-16/h9H,1-8H2. The summed E-state index contributed by atoms with van der Waals surface area (Å²) in [4.78, 5) is 5.12. The van der Waals surface area contributed by atoms with Crippen molar-refractivity contribution in [1.29, 1.82) is 0 Å². The van der Waals surface area contributed by atoms with Gasteiger partial charge in [0.25, 0.3) is 0 Å². The van der Waals surface area contributed by atoms with Crippen LogP contribution in [0, 0.1) is 0 Å². The van der Waals surface area contributed by atoms with Crippen LogP contribution in [0.15, 0.2) is 0 Å². The number of hydrogen-bond donors (Lipinski definition) is 0. The van der Waals surface area contributed by atoms with Crippen molar-refractivity contribution < 1.29 is 0 Å². The number of hydrogen-bond acceptors (Lipinski definition) is 5. The summed E-state index contributed by atoms with van der Waals surface area (Å²) >= 11 is 7.29. The van der Waals surface area contributed by atoms with Gasteiger partial charge in [0.15, 0.2) is 0 Å². The van der Waals surface area contributed by atoms with E-state index in [1.165, 1.54) is 56.8 Å². The second-order valence-electron chi connectivity index (χ2n) is 4.87. The van der Waals surface area contributed by atoms with Crippen LogP contribution < -0.4 is 0 Å². The minimum absolute atomic E-state index is 0.551. The van der Waals surface area contributed by atoms with Gasteiger partial charge in [-0.15, -0.1) is 10.2 Å². The first-order chi connectivity index (χ1) is 8.31. The van der Waals surface area contributed by atoms with Crippen LogP contribution in [0.4, 0.5) is 0 Å². The quantitative estimate of drug-likeness (QED) is 0.841. The Balaban J connectivity index is 1.53. The van der Waals surface area contributed by atoms with E-state index in [9.17, 15) is 0 Å². The predicted octanol–water partition coefficient (Wildman–Crippen LogP) is 1.86. The molecule has 0 aromatic carbocycles. The van der Waals surface area contributed by atoms with Crippen LogP contribution in [-0.2, 0) is 6.54 Å². The maximum absolute atomic E-state index is 5.80. The molecule has 2 fully saturated rings. The third-order valence-electron chi connectivity index (χ3n) is 3.71. The number of rotatable bonds is 3. The first-order valence-corrected chi connectivity index (χ1v) is 7.45. The van der Waals surface area contributed by atoms with E-state index in [1.807, 2.05) is 0 Å². The third kappa shape index (κ3) is 2.78. The zero-order valence-corrected chi connectivity index (χ0v) is 11.4. The van der Waals surface area contributed by atoms with Gasteiger partial charge >= 0.3 is 0 Å². The molecule has 94 valence electrons. The van der Waals surface area contributed by atoms with Crippen LogP contribution in [0.3, 0.4) is 0 Å². The van der Waals surface area contributed by atoms with Gasteiger partial charge in [-0.3, -0.25) is 9.80 Å². The van der Waals surface area contributed by atoms with Crippen LogP contribution in [0.5, 0.6) is 0 Å². The first-order valence-electron chi connectivity index (χ1n) is 6.25. The van der Waals surface area contributed by atoms with Crippen molar-refractivity contribution in [3.8, 4) is 0 Å². The highest BCUT2D eigenvalue weighted by Crippen LogP contribution is 2.23. The lowest BCUT2D eigenvalue weighted by molar-refractivity contribution is 0.229. The summed E-state index contributed by atoms with van der Waals surface area (Å²) in [5, 5.41) is 8.97. The fourth-order valence-electron chi connectivity index (χ4n) is 2.85. The van der Waals surface area contributed by atoms with E-state index < -0.39 is 0 Å². The lowest BCUT2D eigenvalue weighted by Gasteiger charge is -2.23. The molecule has 0 saturated carbocycles. The van der Waals surface area contributed by atoms with Crippen molar-refractivity contribution in [2.75, 3.05) is 26.2 Å². The zero-order chi connectivity index (χ0) is 11.7. The Morgan fingerprint density at radius 2 is 2.06 bits per heavy atom. The van der Waals surface area contributed by atoms with Crippen LogP contribution in [-0.4, -0.2) is 52.2 Å².